The SMILES string of the molecule is NC(=O)N(S)C(Cc1ccc([N+](=O)[O-])cc1)c1csc(C2CC2)n1. The number of hydrogen-bond acceptors (Lipinski definition) is 6. The van der Waals surface area contributed by atoms with Gasteiger partial charge in [-0.15, -0.1) is 11.3 Å². The number of thiazole rings is 1. The van der Waals surface area contributed by atoms with Crippen molar-refractivity contribution in [1.82, 2.24) is 9.29 Å². The Kier molecular flexibility index (Phi) is 4.72. The van der Waals surface area contributed by atoms with Crippen molar-refractivity contribution in [1.29, 1.82) is 0 Å². The number of non-ortho nitro benzene ring substituents is 1. The lowest BCUT2D eigenvalue weighted by Crippen LogP contribution is -2.32. The predicted octanol–water partition coefficient (Wildman–Crippen LogP) is 3.44. The zero-order valence-electron chi connectivity index (χ0n) is 12.7. The Morgan fingerprint density at radius 2 is 2.12 bits per heavy atom. The first kappa shape index (κ1) is 16.7. The average Bonchev–Trinajstić information content (AvgIpc) is 3.30. The molecule has 1 saturated carbocycles. The van der Waals surface area contributed by atoms with Crippen LogP contribution in [0.2, 0.25) is 0 Å². The molecule has 0 aliphatic heterocycles. The minimum atomic E-state index is -0.661. The Morgan fingerprint density at radius 1 is 1.46 bits per heavy atom. The van der Waals surface area contributed by atoms with Crippen molar-refractivity contribution in [3.8, 4) is 0 Å². The number of benzene rings is 1. The molecule has 1 aromatic carbocycles. The van der Waals surface area contributed by atoms with Gasteiger partial charge in [0, 0.05) is 23.4 Å². The lowest BCUT2D eigenvalue weighted by Gasteiger charge is -2.24. The topological polar surface area (TPSA) is 102 Å². The molecule has 1 heterocycles. The molecule has 24 heavy (non-hydrogen) atoms. The highest BCUT2D eigenvalue weighted by Crippen LogP contribution is 2.42. The molecule has 126 valence electrons. The molecule has 0 bridgehead atoms. The molecule has 0 spiro atoms. The third-order valence-electron chi connectivity index (χ3n) is 3.90. The van der Waals surface area contributed by atoms with Crippen LogP contribution in [-0.4, -0.2) is 20.2 Å². The first-order valence-corrected chi connectivity index (χ1v) is 8.70. The van der Waals surface area contributed by atoms with Crippen LogP contribution < -0.4 is 5.73 Å². The lowest BCUT2D eigenvalue weighted by molar-refractivity contribution is -0.384. The summed E-state index contributed by atoms with van der Waals surface area (Å²) in [5.41, 5.74) is 6.98. The molecule has 2 N–H and O–H groups in total. The number of thiol groups is 1. The molecule has 1 aromatic heterocycles. The van der Waals surface area contributed by atoms with Gasteiger partial charge in [-0.2, -0.15) is 0 Å². The molecule has 0 radical (unpaired) electrons. The van der Waals surface area contributed by atoms with Gasteiger partial charge in [-0.1, -0.05) is 24.9 Å². The Bertz CT molecular complexity index is 758. The number of aromatic nitrogens is 1. The van der Waals surface area contributed by atoms with E-state index in [0.717, 1.165) is 33.4 Å². The summed E-state index contributed by atoms with van der Waals surface area (Å²) >= 11 is 5.79. The maximum Gasteiger partial charge on any atom is 0.325 e. The van der Waals surface area contributed by atoms with Crippen molar-refractivity contribution in [3.63, 3.8) is 0 Å². The van der Waals surface area contributed by atoms with Crippen molar-refractivity contribution >= 4 is 35.9 Å². The number of rotatable bonds is 6. The van der Waals surface area contributed by atoms with E-state index < -0.39 is 17.0 Å². The van der Waals surface area contributed by atoms with Gasteiger partial charge in [0.05, 0.1) is 21.7 Å². The van der Waals surface area contributed by atoms with Gasteiger partial charge in [0.2, 0.25) is 0 Å². The van der Waals surface area contributed by atoms with E-state index in [0.29, 0.717) is 12.3 Å². The highest BCUT2D eigenvalue weighted by molar-refractivity contribution is 7.78. The number of hydrogen-bond donors (Lipinski definition) is 2. The summed E-state index contributed by atoms with van der Waals surface area (Å²) in [5.74, 6) is 0.533. The van der Waals surface area contributed by atoms with Crippen LogP contribution in [0.3, 0.4) is 0 Å². The molecule has 9 heteroatoms. The summed E-state index contributed by atoms with van der Waals surface area (Å²) in [4.78, 5) is 26.5. The van der Waals surface area contributed by atoms with Crippen LogP contribution >= 0.6 is 24.2 Å². The minimum Gasteiger partial charge on any atom is -0.351 e. The number of carbonyl (C=O) groups is 1. The van der Waals surface area contributed by atoms with E-state index in [2.05, 4.69) is 17.8 Å². The van der Waals surface area contributed by atoms with E-state index >= 15 is 0 Å². The number of carbonyl (C=O) groups excluding carboxylic acids is 1. The number of primary amides is 1. The second-order valence-corrected chi connectivity index (χ2v) is 7.03. The predicted molar refractivity (Wildman–Crippen MR) is 94.0 cm³/mol. The fourth-order valence-electron chi connectivity index (χ4n) is 2.42. The van der Waals surface area contributed by atoms with E-state index in [4.69, 9.17) is 5.73 Å². The number of nitro groups is 1. The van der Waals surface area contributed by atoms with Gasteiger partial charge in [-0.25, -0.2) is 9.78 Å². The number of nitrogens with zero attached hydrogens (tertiary/aromatic N) is 3. The monoisotopic (exact) mass is 364 g/mol. The zero-order chi connectivity index (χ0) is 17.3. The van der Waals surface area contributed by atoms with E-state index in [-0.39, 0.29) is 5.69 Å². The van der Waals surface area contributed by atoms with Crippen molar-refractivity contribution in [2.24, 2.45) is 5.73 Å². The number of nitrogens with two attached hydrogens (primary N) is 1. The highest BCUT2D eigenvalue weighted by atomic mass is 32.1. The van der Waals surface area contributed by atoms with E-state index in [9.17, 15) is 14.9 Å². The van der Waals surface area contributed by atoms with Crippen LogP contribution in [0.25, 0.3) is 0 Å². The Labute approximate surface area is 148 Å². The van der Waals surface area contributed by atoms with Gasteiger partial charge in [0.1, 0.15) is 0 Å². The maximum absolute atomic E-state index is 11.6. The van der Waals surface area contributed by atoms with Crippen LogP contribution in [0.4, 0.5) is 10.5 Å². The van der Waals surface area contributed by atoms with Crippen LogP contribution in [0.1, 0.15) is 41.1 Å². The first-order valence-electron chi connectivity index (χ1n) is 7.42. The van der Waals surface area contributed by atoms with Gasteiger partial charge >= 0.3 is 6.03 Å². The van der Waals surface area contributed by atoms with Crippen molar-refractivity contribution < 1.29 is 9.72 Å². The van der Waals surface area contributed by atoms with Gasteiger partial charge < -0.3 is 5.73 Å². The average molecular weight is 364 g/mol. The van der Waals surface area contributed by atoms with Gasteiger partial charge in [-0.3, -0.25) is 14.4 Å². The molecular weight excluding hydrogens is 348 g/mol. The van der Waals surface area contributed by atoms with Crippen LogP contribution in [0.15, 0.2) is 29.6 Å². The number of urea groups is 1. The second-order valence-electron chi connectivity index (χ2n) is 5.71. The molecule has 2 aromatic rings. The quantitative estimate of drug-likeness (QED) is 0.465. The summed E-state index contributed by atoms with van der Waals surface area (Å²) in [5, 5.41) is 13.7. The molecule has 7 nitrogen and oxygen atoms in total. The molecule has 2 amide bonds. The maximum atomic E-state index is 11.6. The van der Waals surface area contributed by atoms with Gasteiger partial charge in [0.25, 0.3) is 5.69 Å². The Balaban J connectivity index is 1.83. The second kappa shape index (κ2) is 6.78. The fourth-order valence-corrected chi connectivity index (χ4v) is 3.66. The third kappa shape index (κ3) is 3.68. The van der Waals surface area contributed by atoms with Gasteiger partial charge in [-0.05, 0) is 24.8 Å². The molecule has 1 atom stereocenters. The normalized spacial score (nSPS) is 15.0. The molecular formula is C15H16N4O3S2. The standard InChI is InChI=1S/C15H16N4O3S2/c16-15(20)18(23)13(12-8-24-14(17-12)10-3-4-10)7-9-1-5-11(6-2-9)19(21)22/h1-2,5-6,8,10,13,23H,3-4,7H2,(H2,16,20). The van der Waals surface area contributed by atoms with Crippen LogP contribution in [0.5, 0.6) is 0 Å². The summed E-state index contributed by atoms with van der Waals surface area (Å²) in [6.45, 7) is 0. The van der Waals surface area contributed by atoms with E-state index in [1.165, 1.54) is 12.1 Å². The fraction of sp³-hybridized carbons (Fsp3) is 0.333. The zero-order valence-corrected chi connectivity index (χ0v) is 14.4. The minimum absolute atomic E-state index is 0.0256. The highest BCUT2D eigenvalue weighted by Gasteiger charge is 2.30. The number of amides is 2. The largest absolute Gasteiger partial charge is 0.351 e. The summed E-state index contributed by atoms with van der Waals surface area (Å²) in [7, 11) is 0. The number of nitro benzene ring substituents is 1. The first-order chi connectivity index (χ1) is 11.5. The molecule has 1 unspecified atom stereocenters. The molecule has 3 rings (SSSR count). The molecule has 1 fully saturated rings. The molecule has 0 saturated heterocycles. The molecule has 1 aliphatic rings. The van der Waals surface area contributed by atoms with Crippen LogP contribution in [-0.2, 0) is 6.42 Å². The smallest absolute Gasteiger partial charge is 0.325 e. The summed E-state index contributed by atoms with van der Waals surface area (Å²) in [6, 6.07) is 5.14. The lowest BCUT2D eigenvalue weighted by atomic mass is 10.0. The third-order valence-corrected chi connectivity index (χ3v) is 5.41. The van der Waals surface area contributed by atoms with Crippen molar-refractivity contribution in [2.75, 3.05) is 0 Å². The van der Waals surface area contributed by atoms with Gasteiger partial charge in [0.15, 0.2) is 0 Å². The summed E-state index contributed by atoms with van der Waals surface area (Å²) < 4.78 is 1.16. The Hall–Kier alpha value is -2.13. The summed E-state index contributed by atoms with van der Waals surface area (Å²) in [6.07, 6.45) is 2.74. The van der Waals surface area contributed by atoms with Crippen LogP contribution in [0, 0.1) is 10.1 Å². The van der Waals surface area contributed by atoms with E-state index in [1.54, 1.807) is 23.5 Å². The van der Waals surface area contributed by atoms with E-state index in [1.807, 2.05) is 5.38 Å². The van der Waals surface area contributed by atoms with Crippen molar-refractivity contribution in [2.45, 2.75) is 31.2 Å². The molecule has 1 aliphatic carbocycles. The van der Waals surface area contributed by atoms with Crippen molar-refractivity contribution in [3.05, 3.63) is 56.0 Å². The Morgan fingerprint density at radius 3 is 2.67 bits per heavy atom.